The molecule has 6 rings (SSSR count). The van der Waals surface area contributed by atoms with E-state index in [0.717, 1.165) is 11.3 Å². The number of allylic oxidation sites excluding steroid dienone is 2. The van der Waals surface area contributed by atoms with Crippen molar-refractivity contribution in [2.75, 3.05) is 18.5 Å². The van der Waals surface area contributed by atoms with Crippen LogP contribution in [-0.2, 0) is 25.9 Å². The quantitative estimate of drug-likeness (QED) is 0.0865. The van der Waals surface area contributed by atoms with Gasteiger partial charge in [0, 0.05) is 51.7 Å². The molecular formula is C36H38N10O8S. The van der Waals surface area contributed by atoms with Gasteiger partial charge in [-0.2, -0.15) is 4.99 Å². The van der Waals surface area contributed by atoms with Crippen molar-refractivity contribution in [1.82, 2.24) is 29.1 Å². The average molecular weight is 771 g/mol. The van der Waals surface area contributed by atoms with E-state index in [1.54, 1.807) is 41.2 Å². The Hall–Kier alpha value is -6.47. The lowest BCUT2D eigenvalue weighted by Gasteiger charge is -2.11. The fourth-order valence-electron chi connectivity index (χ4n) is 5.76. The number of oxazole rings is 2. The molecule has 0 bridgehead atoms. The van der Waals surface area contributed by atoms with E-state index in [2.05, 4.69) is 30.2 Å². The van der Waals surface area contributed by atoms with Crippen molar-refractivity contribution < 1.29 is 37.9 Å². The third kappa shape index (κ3) is 8.06. The molecule has 19 heteroatoms. The summed E-state index contributed by atoms with van der Waals surface area (Å²) in [6, 6.07) is 4.58. The number of nitrogens with zero attached hydrogens (tertiary/aromatic N) is 7. The molecule has 0 aliphatic rings. The molecule has 286 valence electrons. The fraction of sp³-hybridized carbons (Fsp3) is 0.306. The summed E-state index contributed by atoms with van der Waals surface area (Å²) in [5, 5.41) is 12.2. The third-order valence-electron chi connectivity index (χ3n) is 8.30. The largest absolute Gasteiger partial charge is 0.491 e. The molecule has 5 heterocycles. The highest BCUT2D eigenvalue weighted by Crippen LogP contribution is 2.31. The zero-order chi connectivity index (χ0) is 39.4. The van der Waals surface area contributed by atoms with E-state index in [1.165, 1.54) is 18.3 Å². The Morgan fingerprint density at radius 2 is 1.58 bits per heavy atom. The highest BCUT2D eigenvalue weighted by molar-refractivity contribution is 7.16. The molecule has 18 nitrogen and oxygen atoms in total. The normalized spacial score (nSPS) is 12.0. The van der Waals surface area contributed by atoms with Crippen LogP contribution in [0.5, 0.6) is 5.75 Å². The first kappa shape index (κ1) is 38.3. The highest BCUT2D eigenvalue weighted by Gasteiger charge is 2.23. The van der Waals surface area contributed by atoms with E-state index < -0.39 is 23.6 Å². The number of nitrogens with one attached hydrogen (secondary N) is 1. The fourth-order valence-corrected chi connectivity index (χ4v) is 6.86. The van der Waals surface area contributed by atoms with Gasteiger partial charge in [0.1, 0.15) is 16.8 Å². The first-order valence-electron chi connectivity index (χ1n) is 17.3. The SMILES string of the molecule is CCc1nc(C)oc1C(=O)N=c1sc2cc(C(N)=O)cc(OCCCO)c2n1C/C=C/Cn1c(NC(=O)c2oc(C)nc2CC)nc2cc(C(N)=O)cnc21. The summed E-state index contributed by atoms with van der Waals surface area (Å²) < 4.78 is 21.1. The zero-order valence-electron chi connectivity index (χ0n) is 30.4. The number of primary amides is 2. The van der Waals surface area contributed by atoms with Crippen LogP contribution in [0.2, 0.25) is 0 Å². The molecule has 0 atom stereocenters. The van der Waals surface area contributed by atoms with Crippen LogP contribution in [0.25, 0.3) is 21.4 Å². The minimum absolute atomic E-state index is 0.0249. The van der Waals surface area contributed by atoms with E-state index in [9.17, 15) is 24.3 Å². The number of aryl methyl sites for hydroxylation is 4. The van der Waals surface area contributed by atoms with Crippen LogP contribution in [0.4, 0.5) is 5.95 Å². The van der Waals surface area contributed by atoms with E-state index in [-0.39, 0.29) is 59.7 Å². The van der Waals surface area contributed by atoms with Crippen LogP contribution in [0.1, 0.15) is 85.3 Å². The first-order valence-corrected chi connectivity index (χ1v) is 18.1. The Balaban J connectivity index is 1.41. The molecule has 0 aliphatic heterocycles. The van der Waals surface area contributed by atoms with Crippen LogP contribution in [-0.4, -0.2) is 71.0 Å². The van der Waals surface area contributed by atoms with Gasteiger partial charge < -0.3 is 34.7 Å². The minimum Gasteiger partial charge on any atom is -0.491 e. The van der Waals surface area contributed by atoms with Gasteiger partial charge in [0.15, 0.2) is 22.2 Å². The summed E-state index contributed by atoms with van der Waals surface area (Å²) in [5.74, 6) is -1.40. The van der Waals surface area contributed by atoms with Crippen LogP contribution >= 0.6 is 11.3 Å². The molecule has 6 N–H and O–H groups in total. The smallest absolute Gasteiger partial charge is 0.317 e. The Kier molecular flexibility index (Phi) is 11.3. The monoisotopic (exact) mass is 770 g/mol. The van der Waals surface area contributed by atoms with E-state index in [4.69, 9.17) is 25.0 Å². The standard InChI is InChI=1S/C36H38N10O8S/c1-5-22-28(53-18(3)40-22)33(50)43-35-42-24-14-21(31(38)49)17-39-32(24)46(35)11-8-7-10-45-27-25(52-13-9-12-47)15-20(30(37)48)16-26(27)55-36(45)44-34(51)29-23(6-2)41-19(4)54-29/h7-8,14-17,47H,5-6,9-13H2,1-4H3,(H2,37,48)(H2,38,49)(H,42,43,50)/b8-7+,44-36?. The predicted octanol–water partition coefficient (Wildman–Crippen LogP) is 3.37. The second-order valence-electron chi connectivity index (χ2n) is 12.2. The molecule has 0 saturated carbocycles. The average Bonchev–Trinajstić information content (AvgIpc) is 3.92. The summed E-state index contributed by atoms with van der Waals surface area (Å²) in [4.78, 5) is 73.3. The number of thiazole rings is 1. The Morgan fingerprint density at radius 1 is 0.927 bits per heavy atom. The van der Waals surface area contributed by atoms with E-state index >= 15 is 0 Å². The second kappa shape index (κ2) is 16.3. The number of imidazole rings is 1. The molecular weight excluding hydrogens is 733 g/mol. The van der Waals surface area contributed by atoms with Gasteiger partial charge in [-0.1, -0.05) is 37.3 Å². The number of amides is 4. The predicted molar refractivity (Wildman–Crippen MR) is 200 cm³/mol. The van der Waals surface area contributed by atoms with Gasteiger partial charge >= 0.3 is 5.91 Å². The van der Waals surface area contributed by atoms with Crippen molar-refractivity contribution in [3.8, 4) is 5.75 Å². The number of anilines is 1. The number of rotatable bonds is 15. The maximum absolute atomic E-state index is 13.5. The number of carbonyl (C=O) groups excluding carboxylic acids is 4. The van der Waals surface area contributed by atoms with Crippen molar-refractivity contribution in [3.05, 3.63) is 87.2 Å². The summed E-state index contributed by atoms with van der Waals surface area (Å²) >= 11 is 1.14. The molecule has 0 unspecified atom stereocenters. The number of carbonyl (C=O) groups is 4. The van der Waals surface area contributed by atoms with Crippen LogP contribution in [0.3, 0.4) is 0 Å². The van der Waals surface area contributed by atoms with Gasteiger partial charge in [-0.05, 0) is 31.0 Å². The highest BCUT2D eigenvalue weighted by atomic mass is 32.1. The second-order valence-corrected chi connectivity index (χ2v) is 13.2. The molecule has 0 saturated heterocycles. The van der Waals surface area contributed by atoms with Gasteiger partial charge in [0.25, 0.3) is 5.91 Å². The lowest BCUT2D eigenvalue weighted by molar-refractivity contribution is 0.0965. The Bertz CT molecular complexity index is 2560. The van der Waals surface area contributed by atoms with Crippen LogP contribution in [0.15, 0.2) is 50.4 Å². The number of aliphatic hydroxyl groups is 1. The number of aliphatic hydroxyl groups excluding tert-OH is 1. The Morgan fingerprint density at radius 3 is 2.24 bits per heavy atom. The lowest BCUT2D eigenvalue weighted by atomic mass is 10.2. The summed E-state index contributed by atoms with van der Waals surface area (Å²) in [5.41, 5.74) is 13.6. The number of hydrogen-bond acceptors (Lipinski definition) is 13. The molecule has 4 amide bonds. The van der Waals surface area contributed by atoms with Crippen molar-refractivity contribution in [1.29, 1.82) is 0 Å². The topological polar surface area (TPSA) is 262 Å². The number of nitrogens with two attached hydrogens (primary N) is 2. The minimum atomic E-state index is -0.689. The van der Waals surface area contributed by atoms with Crippen molar-refractivity contribution in [2.24, 2.45) is 16.5 Å². The molecule has 0 radical (unpaired) electrons. The summed E-state index contributed by atoms with van der Waals surface area (Å²) in [6.07, 6.45) is 6.16. The first-order chi connectivity index (χ1) is 26.4. The van der Waals surface area contributed by atoms with Crippen molar-refractivity contribution >= 4 is 62.3 Å². The van der Waals surface area contributed by atoms with Gasteiger partial charge in [-0.25, -0.2) is 19.9 Å². The number of hydrogen-bond donors (Lipinski definition) is 4. The lowest BCUT2D eigenvalue weighted by Crippen LogP contribution is -2.18. The van der Waals surface area contributed by atoms with Gasteiger partial charge in [-0.15, -0.1) is 0 Å². The number of aromatic nitrogens is 6. The van der Waals surface area contributed by atoms with E-state index in [0.29, 0.717) is 69.6 Å². The van der Waals surface area contributed by atoms with E-state index in [1.807, 2.05) is 13.8 Å². The molecule has 5 aromatic heterocycles. The maximum Gasteiger partial charge on any atom is 0.317 e. The zero-order valence-corrected chi connectivity index (χ0v) is 31.2. The van der Waals surface area contributed by atoms with Crippen molar-refractivity contribution in [3.63, 3.8) is 0 Å². The Labute approximate surface area is 316 Å². The third-order valence-corrected chi connectivity index (χ3v) is 9.33. The van der Waals surface area contributed by atoms with Gasteiger partial charge in [0.05, 0.1) is 28.3 Å². The molecule has 0 aliphatic carbocycles. The van der Waals surface area contributed by atoms with Gasteiger partial charge in [-0.3, -0.25) is 29.1 Å². The molecule has 1 aromatic carbocycles. The molecule has 6 aromatic rings. The number of fused-ring (bicyclic) bond motifs is 2. The summed E-state index contributed by atoms with van der Waals surface area (Å²) in [6.45, 7) is 7.32. The summed E-state index contributed by atoms with van der Waals surface area (Å²) in [7, 11) is 0. The molecule has 55 heavy (non-hydrogen) atoms. The van der Waals surface area contributed by atoms with Crippen LogP contribution < -0.4 is 26.3 Å². The number of benzene rings is 1. The maximum atomic E-state index is 13.5. The van der Waals surface area contributed by atoms with Gasteiger partial charge in [0.2, 0.25) is 29.3 Å². The molecule has 0 fully saturated rings. The number of pyridine rings is 1. The molecule has 0 spiro atoms. The van der Waals surface area contributed by atoms with Crippen LogP contribution in [0, 0.1) is 13.8 Å². The number of ether oxygens (including phenoxy) is 1. The van der Waals surface area contributed by atoms with Crippen molar-refractivity contribution in [2.45, 2.75) is 60.0 Å².